The van der Waals surface area contributed by atoms with Gasteiger partial charge in [-0.25, -0.2) is 4.79 Å². The summed E-state index contributed by atoms with van der Waals surface area (Å²) < 4.78 is 1.71. The molecule has 7 heteroatoms. The fraction of sp³-hybridized carbons (Fsp3) is 0.444. The molecule has 0 spiro atoms. The zero-order valence-corrected chi connectivity index (χ0v) is 9.84. The maximum Gasteiger partial charge on any atom is 0.321 e. The first kappa shape index (κ1) is 12.5. The Bertz CT molecular complexity index is 402. The lowest BCUT2D eigenvalue weighted by molar-refractivity contribution is -0.117. The van der Waals surface area contributed by atoms with Crippen molar-refractivity contribution in [2.24, 2.45) is 7.05 Å². The Balaban J connectivity index is 2.43. The second kappa shape index (κ2) is 5.50. The van der Waals surface area contributed by atoms with E-state index in [1.807, 2.05) is 14.0 Å². The van der Waals surface area contributed by atoms with E-state index >= 15 is 0 Å². The lowest BCUT2D eigenvalue weighted by atomic mass is 10.2. The molecule has 0 saturated heterocycles. The van der Waals surface area contributed by atoms with Crippen LogP contribution in [0.1, 0.15) is 11.3 Å². The molecule has 0 aromatic carbocycles. The van der Waals surface area contributed by atoms with Crippen molar-refractivity contribution in [1.29, 1.82) is 0 Å². The summed E-state index contributed by atoms with van der Waals surface area (Å²) in [6.45, 7) is 2.22. The predicted octanol–water partition coefficient (Wildman–Crippen LogP) is 0.293. The van der Waals surface area contributed by atoms with E-state index < -0.39 is 11.9 Å². The average Bonchev–Trinajstić information content (AvgIpc) is 2.57. The molecule has 0 unspecified atom stereocenters. The molecule has 2 N–H and O–H groups in total. The number of aromatic nitrogens is 2. The number of amides is 3. The molecule has 16 heavy (non-hydrogen) atoms. The van der Waals surface area contributed by atoms with Crippen LogP contribution in [-0.4, -0.2) is 27.6 Å². The highest BCUT2D eigenvalue weighted by molar-refractivity contribution is 6.28. The molecule has 0 aliphatic rings. The Labute approximate surface area is 98.0 Å². The van der Waals surface area contributed by atoms with Crippen molar-refractivity contribution >= 4 is 23.5 Å². The van der Waals surface area contributed by atoms with Crippen molar-refractivity contribution in [2.75, 3.05) is 5.88 Å². The lowest BCUT2D eigenvalue weighted by Gasteiger charge is -2.05. The minimum atomic E-state index is -0.561. The monoisotopic (exact) mass is 244 g/mol. The van der Waals surface area contributed by atoms with E-state index in [0.717, 1.165) is 11.3 Å². The summed E-state index contributed by atoms with van der Waals surface area (Å²) in [6.07, 6.45) is 1.67. The van der Waals surface area contributed by atoms with E-state index in [1.54, 1.807) is 10.9 Å². The summed E-state index contributed by atoms with van der Waals surface area (Å²) in [5.41, 5.74) is 1.86. The SMILES string of the molecule is Cc1c(CNC(=O)NC(=O)CCl)cnn1C. The summed E-state index contributed by atoms with van der Waals surface area (Å²) in [4.78, 5) is 22.0. The number of urea groups is 1. The molecular weight excluding hydrogens is 232 g/mol. The van der Waals surface area contributed by atoms with Crippen LogP contribution >= 0.6 is 11.6 Å². The summed E-state index contributed by atoms with van der Waals surface area (Å²) in [7, 11) is 1.82. The second-order valence-corrected chi connectivity index (χ2v) is 3.51. The van der Waals surface area contributed by atoms with Gasteiger partial charge in [-0.15, -0.1) is 11.6 Å². The van der Waals surface area contributed by atoms with Gasteiger partial charge in [0.05, 0.1) is 6.20 Å². The van der Waals surface area contributed by atoms with E-state index in [4.69, 9.17) is 11.6 Å². The molecule has 0 aliphatic heterocycles. The van der Waals surface area contributed by atoms with Crippen molar-refractivity contribution < 1.29 is 9.59 Å². The van der Waals surface area contributed by atoms with Crippen LogP contribution in [0, 0.1) is 6.92 Å². The van der Waals surface area contributed by atoms with E-state index in [2.05, 4.69) is 15.7 Å². The topological polar surface area (TPSA) is 76.0 Å². The van der Waals surface area contributed by atoms with E-state index in [9.17, 15) is 9.59 Å². The number of hydrogen-bond donors (Lipinski definition) is 2. The van der Waals surface area contributed by atoms with E-state index in [1.165, 1.54) is 0 Å². The molecule has 0 atom stereocenters. The van der Waals surface area contributed by atoms with E-state index in [0.29, 0.717) is 6.54 Å². The van der Waals surface area contributed by atoms with Gasteiger partial charge in [0.25, 0.3) is 0 Å². The highest BCUT2D eigenvalue weighted by atomic mass is 35.5. The first-order chi connectivity index (χ1) is 7.54. The van der Waals surface area contributed by atoms with Crippen molar-refractivity contribution in [1.82, 2.24) is 20.4 Å². The van der Waals surface area contributed by atoms with Gasteiger partial charge in [0, 0.05) is 24.8 Å². The number of nitrogens with zero attached hydrogens (tertiary/aromatic N) is 2. The number of nitrogens with one attached hydrogen (secondary N) is 2. The quantitative estimate of drug-likeness (QED) is 0.751. The number of hydrogen-bond acceptors (Lipinski definition) is 3. The molecule has 1 aromatic heterocycles. The fourth-order valence-electron chi connectivity index (χ4n) is 1.10. The average molecular weight is 245 g/mol. The van der Waals surface area contributed by atoms with Crippen molar-refractivity contribution in [3.63, 3.8) is 0 Å². The number of imide groups is 1. The first-order valence-corrected chi connectivity index (χ1v) is 5.19. The zero-order valence-electron chi connectivity index (χ0n) is 9.08. The molecule has 3 amide bonds. The molecule has 0 radical (unpaired) electrons. The Hall–Kier alpha value is -1.56. The van der Waals surface area contributed by atoms with Crippen molar-refractivity contribution in [2.45, 2.75) is 13.5 Å². The largest absolute Gasteiger partial charge is 0.334 e. The van der Waals surface area contributed by atoms with Gasteiger partial charge in [0.1, 0.15) is 5.88 Å². The van der Waals surface area contributed by atoms with Crippen LogP contribution in [0.15, 0.2) is 6.20 Å². The van der Waals surface area contributed by atoms with Gasteiger partial charge in [-0.2, -0.15) is 5.10 Å². The van der Waals surface area contributed by atoms with Crippen LogP contribution in [0.5, 0.6) is 0 Å². The van der Waals surface area contributed by atoms with Gasteiger partial charge in [-0.05, 0) is 6.92 Å². The zero-order chi connectivity index (χ0) is 12.1. The lowest BCUT2D eigenvalue weighted by Crippen LogP contribution is -2.39. The molecule has 6 nitrogen and oxygen atoms in total. The highest BCUT2D eigenvalue weighted by Gasteiger charge is 2.08. The third kappa shape index (κ3) is 3.23. The van der Waals surface area contributed by atoms with E-state index in [-0.39, 0.29) is 5.88 Å². The summed E-state index contributed by atoms with van der Waals surface area (Å²) in [5.74, 6) is -0.763. The molecule has 1 heterocycles. The molecule has 0 bridgehead atoms. The highest BCUT2D eigenvalue weighted by Crippen LogP contribution is 2.04. The van der Waals surface area contributed by atoms with Crippen LogP contribution < -0.4 is 10.6 Å². The summed E-state index contributed by atoms with van der Waals surface area (Å²) in [5, 5.41) is 8.64. The fourth-order valence-corrected chi connectivity index (χ4v) is 1.16. The minimum absolute atomic E-state index is 0.237. The van der Waals surface area contributed by atoms with Crippen LogP contribution in [0.4, 0.5) is 4.79 Å². The standard InChI is InChI=1S/C9H13ClN4O2/c1-6-7(5-12-14(6)2)4-11-9(16)13-8(15)3-10/h5H,3-4H2,1-2H3,(H2,11,13,15,16). The maximum absolute atomic E-state index is 11.2. The third-order valence-electron chi connectivity index (χ3n) is 2.15. The molecule has 1 aromatic rings. The van der Waals surface area contributed by atoms with Crippen molar-refractivity contribution in [3.05, 3.63) is 17.5 Å². The van der Waals surface area contributed by atoms with Crippen LogP contribution in [0.2, 0.25) is 0 Å². The molecule has 0 fully saturated rings. The van der Waals surface area contributed by atoms with Gasteiger partial charge < -0.3 is 5.32 Å². The summed E-state index contributed by atoms with van der Waals surface area (Å²) >= 11 is 5.24. The molecule has 88 valence electrons. The predicted molar refractivity (Wildman–Crippen MR) is 59.0 cm³/mol. The van der Waals surface area contributed by atoms with Crippen molar-refractivity contribution in [3.8, 4) is 0 Å². The number of carbonyl (C=O) groups is 2. The first-order valence-electron chi connectivity index (χ1n) is 4.65. The summed E-state index contributed by atoms with van der Waals surface area (Å²) in [6, 6.07) is -0.561. The molecule has 0 saturated carbocycles. The van der Waals surface area contributed by atoms with Gasteiger partial charge in [-0.1, -0.05) is 0 Å². The normalized spacial score (nSPS) is 9.94. The van der Waals surface area contributed by atoms with Gasteiger partial charge in [0.15, 0.2) is 0 Å². The molecular formula is C9H13ClN4O2. The van der Waals surface area contributed by atoms with Crippen LogP contribution in [0.25, 0.3) is 0 Å². The Morgan fingerprint density at radius 1 is 1.56 bits per heavy atom. The Morgan fingerprint density at radius 2 is 2.25 bits per heavy atom. The number of halogens is 1. The number of aryl methyl sites for hydroxylation is 1. The van der Waals surface area contributed by atoms with Gasteiger partial charge in [-0.3, -0.25) is 14.8 Å². The van der Waals surface area contributed by atoms with Crippen LogP contribution in [-0.2, 0) is 18.4 Å². The Kier molecular flexibility index (Phi) is 4.30. The number of alkyl halides is 1. The smallest absolute Gasteiger partial charge is 0.321 e. The molecule has 0 aliphatic carbocycles. The number of carbonyl (C=O) groups excluding carboxylic acids is 2. The van der Waals surface area contributed by atoms with Gasteiger partial charge in [0.2, 0.25) is 5.91 Å². The third-order valence-corrected chi connectivity index (χ3v) is 2.39. The molecule has 1 rings (SSSR count). The maximum atomic E-state index is 11.2. The number of rotatable bonds is 3. The Morgan fingerprint density at radius 3 is 2.75 bits per heavy atom. The van der Waals surface area contributed by atoms with Crippen LogP contribution in [0.3, 0.4) is 0 Å². The second-order valence-electron chi connectivity index (χ2n) is 3.24. The minimum Gasteiger partial charge on any atom is -0.334 e. The van der Waals surface area contributed by atoms with Gasteiger partial charge >= 0.3 is 6.03 Å².